The first-order valence-electron chi connectivity index (χ1n) is 7.02. The molecule has 0 saturated carbocycles. The standard InChI is InChI=1S/C17H14BrN3O2/c1-9-15(10(2)23-21-9)16-13(17(18)20-14(16)8-19)7-11-3-5-12(22)6-4-11/h3-6,20,22H,7H2,1-2H3. The van der Waals surface area contributed by atoms with Crippen molar-refractivity contribution >= 4 is 15.9 Å². The Balaban J connectivity index is 2.16. The number of phenolic OH excluding ortho intramolecular Hbond substituents is 1. The molecule has 3 rings (SSSR count). The first-order valence-corrected chi connectivity index (χ1v) is 7.82. The van der Waals surface area contributed by atoms with E-state index in [1.165, 1.54) is 0 Å². The van der Waals surface area contributed by atoms with Gasteiger partial charge in [-0.2, -0.15) is 5.26 Å². The number of phenols is 1. The summed E-state index contributed by atoms with van der Waals surface area (Å²) in [4.78, 5) is 3.07. The van der Waals surface area contributed by atoms with Gasteiger partial charge in [0.15, 0.2) is 0 Å². The Morgan fingerprint density at radius 2 is 1.96 bits per heavy atom. The number of aryl methyl sites for hydroxylation is 2. The summed E-state index contributed by atoms with van der Waals surface area (Å²) in [5.41, 5.74) is 4.86. The number of nitrogens with zero attached hydrogens (tertiary/aromatic N) is 2. The van der Waals surface area contributed by atoms with E-state index >= 15 is 0 Å². The van der Waals surface area contributed by atoms with E-state index in [-0.39, 0.29) is 5.75 Å². The summed E-state index contributed by atoms with van der Waals surface area (Å²) in [6.45, 7) is 3.69. The maximum absolute atomic E-state index is 9.45. The van der Waals surface area contributed by atoms with Gasteiger partial charge in [0.25, 0.3) is 0 Å². The first kappa shape index (κ1) is 15.4. The minimum atomic E-state index is 0.227. The molecule has 2 aromatic heterocycles. The van der Waals surface area contributed by atoms with Crippen molar-refractivity contribution in [1.82, 2.24) is 10.1 Å². The molecule has 116 valence electrons. The second-order valence-electron chi connectivity index (χ2n) is 5.32. The fourth-order valence-electron chi connectivity index (χ4n) is 2.69. The lowest BCUT2D eigenvalue weighted by Crippen LogP contribution is -1.93. The van der Waals surface area contributed by atoms with E-state index in [1.54, 1.807) is 12.1 Å². The molecule has 0 aliphatic heterocycles. The van der Waals surface area contributed by atoms with Gasteiger partial charge < -0.3 is 14.6 Å². The van der Waals surface area contributed by atoms with Crippen LogP contribution in [-0.2, 0) is 6.42 Å². The van der Waals surface area contributed by atoms with Gasteiger partial charge in [-0.1, -0.05) is 17.3 Å². The number of nitriles is 1. The second kappa shape index (κ2) is 5.94. The Labute approximate surface area is 141 Å². The predicted molar refractivity (Wildman–Crippen MR) is 89.1 cm³/mol. The third kappa shape index (κ3) is 2.76. The molecule has 0 spiro atoms. The summed E-state index contributed by atoms with van der Waals surface area (Å²) in [6.07, 6.45) is 0.610. The van der Waals surface area contributed by atoms with Crippen LogP contribution in [0.2, 0.25) is 0 Å². The lowest BCUT2D eigenvalue weighted by Gasteiger charge is -2.06. The molecule has 0 unspecified atom stereocenters. The molecule has 23 heavy (non-hydrogen) atoms. The summed E-state index contributed by atoms with van der Waals surface area (Å²) >= 11 is 3.51. The highest BCUT2D eigenvalue weighted by Gasteiger charge is 2.23. The van der Waals surface area contributed by atoms with Crippen LogP contribution < -0.4 is 0 Å². The molecule has 3 aromatic rings. The SMILES string of the molecule is Cc1noc(C)c1-c1c(C#N)[nH]c(Br)c1Cc1ccc(O)cc1. The van der Waals surface area contributed by atoms with Crippen molar-refractivity contribution in [3.63, 3.8) is 0 Å². The van der Waals surface area contributed by atoms with Crippen molar-refractivity contribution < 1.29 is 9.63 Å². The highest BCUT2D eigenvalue weighted by atomic mass is 79.9. The van der Waals surface area contributed by atoms with E-state index < -0.39 is 0 Å². The van der Waals surface area contributed by atoms with Crippen molar-refractivity contribution in [3.05, 3.63) is 57.1 Å². The third-order valence-electron chi connectivity index (χ3n) is 3.76. The number of H-pyrrole nitrogens is 1. The molecule has 0 bridgehead atoms. The Kier molecular flexibility index (Phi) is 3.97. The zero-order valence-corrected chi connectivity index (χ0v) is 14.2. The highest BCUT2D eigenvalue weighted by molar-refractivity contribution is 9.10. The van der Waals surface area contributed by atoms with Crippen molar-refractivity contribution in [2.75, 3.05) is 0 Å². The molecule has 5 nitrogen and oxygen atoms in total. The van der Waals surface area contributed by atoms with Crippen LogP contribution in [0.5, 0.6) is 5.75 Å². The monoisotopic (exact) mass is 371 g/mol. The van der Waals surface area contributed by atoms with Gasteiger partial charge in [-0.3, -0.25) is 0 Å². The van der Waals surface area contributed by atoms with Crippen LogP contribution in [0.4, 0.5) is 0 Å². The van der Waals surface area contributed by atoms with Gasteiger partial charge in [0.2, 0.25) is 0 Å². The minimum absolute atomic E-state index is 0.227. The van der Waals surface area contributed by atoms with Crippen molar-refractivity contribution in [3.8, 4) is 22.9 Å². The summed E-state index contributed by atoms with van der Waals surface area (Å²) in [5, 5.41) is 22.9. The zero-order chi connectivity index (χ0) is 16.6. The molecule has 0 saturated heterocycles. The van der Waals surface area contributed by atoms with Gasteiger partial charge >= 0.3 is 0 Å². The largest absolute Gasteiger partial charge is 0.508 e. The molecular weight excluding hydrogens is 358 g/mol. The van der Waals surface area contributed by atoms with Crippen LogP contribution in [-0.4, -0.2) is 15.2 Å². The Morgan fingerprint density at radius 1 is 1.26 bits per heavy atom. The third-order valence-corrected chi connectivity index (χ3v) is 4.44. The molecule has 0 amide bonds. The average molecular weight is 372 g/mol. The van der Waals surface area contributed by atoms with Crippen molar-refractivity contribution in [2.45, 2.75) is 20.3 Å². The fourth-order valence-corrected chi connectivity index (χ4v) is 3.23. The van der Waals surface area contributed by atoms with E-state index in [0.29, 0.717) is 17.9 Å². The normalized spacial score (nSPS) is 10.7. The van der Waals surface area contributed by atoms with E-state index in [4.69, 9.17) is 4.52 Å². The predicted octanol–water partition coefficient (Wildman–Crippen LogP) is 4.22. The van der Waals surface area contributed by atoms with E-state index in [2.05, 4.69) is 32.1 Å². The number of aromatic amines is 1. The summed E-state index contributed by atoms with van der Waals surface area (Å²) < 4.78 is 6.02. The fraction of sp³-hybridized carbons (Fsp3) is 0.176. The maximum Gasteiger partial charge on any atom is 0.141 e. The molecule has 1 aromatic carbocycles. The molecule has 2 heterocycles. The van der Waals surface area contributed by atoms with Gasteiger partial charge in [0.1, 0.15) is 23.3 Å². The topological polar surface area (TPSA) is 85.8 Å². The van der Waals surface area contributed by atoms with Gasteiger partial charge in [-0.25, -0.2) is 0 Å². The van der Waals surface area contributed by atoms with Gasteiger partial charge in [-0.15, -0.1) is 0 Å². The molecule has 6 heteroatoms. The van der Waals surface area contributed by atoms with Gasteiger partial charge in [0.05, 0.1) is 15.9 Å². The first-order chi connectivity index (χ1) is 11.0. The molecule has 0 fully saturated rings. The van der Waals surface area contributed by atoms with Crippen LogP contribution in [0.1, 0.15) is 28.3 Å². The number of halogens is 1. The summed E-state index contributed by atoms with van der Waals surface area (Å²) in [5.74, 6) is 0.906. The zero-order valence-electron chi connectivity index (χ0n) is 12.6. The van der Waals surface area contributed by atoms with Crippen molar-refractivity contribution in [1.29, 1.82) is 5.26 Å². The molecule has 0 radical (unpaired) electrons. The molecular formula is C17H14BrN3O2. The Hall–Kier alpha value is -2.52. The molecule has 0 atom stereocenters. The molecule has 0 aliphatic carbocycles. The van der Waals surface area contributed by atoms with Gasteiger partial charge in [-0.05, 0) is 53.0 Å². The van der Waals surface area contributed by atoms with Crippen LogP contribution >= 0.6 is 15.9 Å². The molecule has 2 N–H and O–H groups in total. The number of benzene rings is 1. The van der Waals surface area contributed by atoms with Crippen LogP contribution in [0, 0.1) is 25.2 Å². The second-order valence-corrected chi connectivity index (χ2v) is 6.11. The van der Waals surface area contributed by atoms with Gasteiger partial charge in [0, 0.05) is 12.0 Å². The van der Waals surface area contributed by atoms with Crippen LogP contribution in [0.3, 0.4) is 0 Å². The quantitative estimate of drug-likeness (QED) is 0.721. The molecule has 0 aliphatic rings. The lowest BCUT2D eigenvalue weighted by molar-refractivity contribution is 0.393. The summed E-state index contributed by atoms with van der Waals surface area (Å²) in [6, 6.07) is 9.22. The average Bonchev–Trinajstić information content (AvgIpc) is 3.01. The minimum Gasteiger partial charge on any atom is -0.508 e. The van der Waals surface area contributed by atoms with E-state index in [1.807, 2.05) is 26.0 Å². The van der Waals surface area contributed by atoms with E-state index in [9.17, 15) is 10.4 Å². The number of aromatic hydroxyl groups is 1. The maximum atomic E-state index is 9.45. The Bertz CT molecular complexity index is 882. The number of hydrogen-bond acceptors (Lipinski definition) is 4. The number of aromatic nitrogens is 2. The lowest BCUT2D eigenvalue weighted by atomic mass is 9.96. The number of rotatable bonds is 3. The smallest absolute Gasteiger partial charge is 0.141 e. The van der Waals surface area contributed by atoms with Crippen molar-refractivity contribution in [2.24, 2.45) is 0 Å². The summed E-state index contributed by atoms with van der Waals surface area (Å²) in [7, 11) is 0. The highest BCUT2D eigenvalue weighted by Crippen LogP contribution is 2.37. The Morgan fingerprint density at radius 3 is 2.52 bits per heavy atom. The van der Waals surface area contributed by atoms with E-state index in [0.717, 1.165) is 32.6 Å². The van der Waals surface area contributed by atoms with Crippen LogP contribution in [0.25, 0.3) is 11.1 Å². The number of nitrogens with one attached hydrogen (secondary N) is 1. The number of hydrogen-bond donors (Lipinski definition) is 2. The van der Waals surface area contributed by atoms with Crippen LogP contribution in [0.15, 0.2) is 33.4 Å².